The van der Waals surface area contributed by atoms with E-state index in [-0.39, 0.29) is 10.9 Å². The van der Waals surface area contributed by atoms with Gasteiger partial charge in [-0.2, -0.15) is 4.98 Å². The van der Waals surface area contributed by atoms with Gasteiger partial charge in [-0.15, -0.1) is 0 Å². The molecule has 1 aliphatic rings. The molecule has 0 spiro atoms. The van der Waals surface area contributed by atoms with Crippen molar-refractivity contribution in [3.05, 3.63) is 34.8 Å². The van der Waals surface area contributed by atoms with E-state index < -0.39 is 11.4 Å². The smallest absolute Gasteiger partial charge is 0.341 e. The number of carboxylic acid groups (broad SMARTS) is 1. The van der Waals surface area contributed by atoms with Crippen LogP contribution in [0.1, 0.15) is 10.4 Å². The molecule has 120 valence electrons. The van der Waals surface area contributed by atoms with Gasteiger partial charge in [0.25, 0.3) is 0 Å². The van der Waals surface area contributed by atoms with Gasteiger partial charge in [-0.1, -0.05) is 6.58 Å². The van der Waals surface area contributed by atoms with Gasteiger partial charge in [-0.05, 0) is 7.05 Å². The van der Waals surface area contributed by atoms with Gasteiger partial charge in [0.15, 0.2) is 5.65 Å². The van der Waals surface area contributed by atoms with Gasteiger partial charge in [-0.3, -0.25) is 4.79 Å². The summed E-state index contributed by atoms with van der Waals surface area (Å²) in [7, 11) is 2.06. The molecule has 0 atom stereocenters. The van der Waals surface area contributed by atoms with E-state index >= 15 is 0 Å². The lowest BCUT2D eigenvalue weighted by molar-refractivity contribution is 0.0695. The highest BCUT2D eigenvalue weighted by Crippen LogP contribution is 2.15. The Kier molecular flexibility index (Phi) is 3.83. The first-order chi connectivity index (χ1) is 11.0. The van der Waals surface area contributed by atoms with Crippen molar-refractivity contribution >= 4 is 29.2 Å². The Morgan fingerprint density at radius 1 is 1.35 bits per heavy atom. The Bertz CT molecular complexity index is 837. The minimum Gasteiger partial charge on any atom is -0.477 e. The van der Waals surface area contributed by atoms with Crippen molar-refractivity contribution in [3.8, 4) is 0 Å². The second-order valence-electron chi connectivity index (χ2n) is 5.46. The summed E-state index contributed by atoms with van der Waals surface area (Å²) in [6.45, 7) is 7.07. The highest BCUT2D eigenvalue weighted by atomic mass is 16.4. The van der Waals surface area contributed by atoms with Crippen molar-refractivity contribution < 1.29 is 9.90 Å². The van der Waals surface area contributed by atoms with Gasteiger partial charge in [0.05, 0.1) is 5.39 Å². The quantitative estimate of drug-likeness (QED) is 0.873. The van der Waals surface area contributed by atoms with E-state index in [0.29, 0.717) is 11.6 Å². The monoisotopic (exact) mass is 315 g/mol. The van der Waals surface area contributed by atoms with E-state index in [1.54, 1.807) is 0 Å². The van der Waals surface area contributed by atoms with Gasteiger partial charge in [0.2, 0.25) is 11.4 Å². The van der Waals surface area contributed by atoms with E-state index in [0.717, 1.165) is 26.2 Å². The van der Waals surface area contributed by atoms with Gasteiger partial charge >= 0.3 is 5.97 Å². The van der Waals surface area contributed by atoms with E-state index in [9.17, 15) is 9.59 Å². The summed E-state index contributed by atoms with van der Waals surface area (Å²) in [6, 6.07) is 0. The number of hydrogen-bond acceptors (Lipinski definition) is 6. The lowest BCUT2D eigenvalue weighted by atomic mass is 10.2. The standard InChI is InChI=1S/C15H17N5O3/c1-3-19-9-11(14(22)23)12(21)10-8-16-15(17-13(10)19)20-6-4-18(2)5-7-20/h3,8-9H,1,4-7H2,2H3,(H,22,23). The van der Waals surface area contributed by atoms with Gasteiger partial charge < -0.3 is 19.5 Å². The third kappa shape index (κ3) is 2.68. The van der Waals surface area contributed by atoms with Crippen LogP contribution in [0.25, 0.3) is 17.2 Å². The SMILES string of the molecule is C=Cn1cc(C(=O)O)c(=O)c2cnc(N3CCN(C)CC3)nc21. The van der Waals surface area contributed by atoms with Crippen molar-refractivity contribution in [1.29, 1.82) is 0 Å². The summed E-state index contributed by atoms with van der Waals surface area (Å²) in [5, 5.41) is 9.30. The molecular formula is C15H17N5O3. The normalized spacial score (nSPS) is 15.8. The summed E-state index contributed by atoms with van der Waals surface area (Å²) in [4.78, 5) is 36.4. The summed E-state index contributed by atoms with van der Waals surface area (Å²) in [5.74, 6) is -0.751. The fourth-order valence-corrected chi connectivity index (χ4v) is 2.58. The van der Waals surface area contributed by atoms with Crippen molar-refractivity contribution in [1.82, 2.24) is 19.4 Å². The van der Waals surface area contributed by atoms with Crippen LogP contribution in [0.15, 0.2) is 23.8 Å². The average Bonchev–Trinajstić information content (AvgIpc) is 2.55. The Morgan fingerprint density at radius 2 is 2.04 bits per heavy atom. The van der Waals surface area contributed by atoms with E-state index in [2.05, 4.69) is 28.5 Å². The van der Waals surface area contributed by atoms with Crippen molar-refractivity contribution in [2.45, 2.75) is 0 Å². The van der Waals surface area contributed by atoms with Gasteiger partial charge in [0.1, 0.15) is 5.56 Å². The maximum Gasteiger partial charge on any atom is 0.341 e. The van der Waals surface area contributed by atoms with Crippen LogP contribution in [0.4, 0.5) is 5.95 Å². The first-order valence-electron chi connectivity index (χ1n) is 7.22. The van der Waals surface area contributed by atoms with Crippen molar-refractivity contribution in [3.63, 3.8) is 0 Å². The lowest BCUT2D eigenvalue weighted by Crippen LogP contribution is -2.45. The minimum atomic E-state index is -1.28. The molecule has 2 aromatic rings. The number of rotatable bonds is 3. The summed E-state index contributed by atoms with van der Waals surface area (Å²) in [5.41, 5.74) is -0.553. The third-order valence-electron chi connectivity index (χ3n) is 3.97. The highest BCUT2D eigenvalue weighted by molar-refractivity contribution is 5.92. The molecule has 3 rings (SSSR count). The largest absolute Gasteiger partial charge is 0.477 e. The molecule has 3 heterocycles. The van der Waals surface area contributed by atoms with Gasteiger partial charge in [-0.25, -0.2) is 9.78 Å². The minimum absolute atomic E-state index is 0.169. The zero-order valence-electron chi connectivity index (χ0n) is 12.8. The number of carbonyl (C=O) groups is 1. The Labute approximate surface area is 132 Å². The number of fused-ring (bicyclic) bond motifs is 1. The molecule has 0 bridgehead atoms. The van der Waals surface area contributed by atoms with Crippen LogP contribution in [-0.2, 0) is 0 Å². The number of aromatic nitrogens is 3. The molecule has 0 unspecified atom stereocenters. The molecule has 0 aromatic carbocycles. The Balaban J connectivity index is 2.13. The molecule has 1 N–H and O–H groups in total. The molecule has 8 nitrogen and oxygen atoms in total. The second kappa shape index (κ2) is 5.81. The third-order valence-corrected chi connectivity index (χ3v) is 3.97. The van der Waals surface area contributed by atoms with E-state index in [1.807, 2.05) is 4.90 Å². The van der Waals surface area contributed by atoms with Crippen molar-refractivity contribution in [2.24, 2.45) is 0 Å². The Hall–Kier alpha value is -2.74. The van der Waals surface area contributed by atoms with Crippen molar-refractivity contribution in [2.75, 3.05) is 38.1 Å². The number of aromatic carboxylic acids is 1. The summed E-state index contributed by atoms with van der Waals surface area (Å²) >= 11 is 0. The highest BCUT2D eigenvalue weighted by Gasteiger charge is 2.19. The maximum absolute atomic E-state index is 12.2. The zero-order valence-corrected chi connectivity index (χ0v) is 12.8. The molecule has 23 heavy (non-hydrogen) atoms. The van der Waals surface area contributed by atoms with Crippen LogP contribution in [0.2, 0.25) is 0 Å². The van der Waals surface area contributed by atoms with E-state index in [4.69, 9.17) is 5.11 Å². The number of anilines is 1. The molecule has 1 saturated heterocycles. The average molecular weight is 315 g/mol. The predicted molar refractivity (Wildman–Crippen MR) is 86.9 cm³/mol. The number of carboxylic acids is 1. The molecule has 0 amide bonds. The summed E-state index contributed by atoms with van der Waals surface area (Å²) in [6.07, 6.45) is 4.06. The first-order valence-corrected chi connectivity index (χ1v) is 7.22. The molecule has 2 aromatic heterocycles. The maximum atomic E-state index is 12.2. The van der Waals surface area contributed by atoms with Crippen LogP contribution in [-0.4, -0.2) is 63.7 Å². The lowest BCUT2D eigenvalue weighted by Gasteiger charge is -2.32. The van der Waals surface area contributed by atoms with Crippen LogP contribution >= 0.6 is 0 Å². The van der Waals surface area contributed by atoms with Crippen LogP contribution in [0, 0.1) is 0 Å². The van der Waals surface area contributed by atoms with E-state index in [1.165, 1.54) is 23.2 Å². The number of likely N-dealkylation sites (N-methyl/N-ethyl adjacent to an activating group) is 1. The van der Waals surface area contributed by atoms with Crippen LogP contribution in [0.3, 0.4) is 0 Å². The molecule has 0 aliphatic carbocycles. The number of hydrogen-bond donors (Lipinski definition) is 1. The summed E-state index contributed by atoms with van der Waals surface area (Å²) < 4.78 is 1.45. The predicted octanol–water partition coefficient (Wildman–Crippen LogP) is 0.342. The number of nitrogens with zero attached hydrogens (tertiary/aromatic N) is 5. The molecule has 0 radical (unpaired) electrons. The number of pyridine rings is 1. The van der Waals surface area contributed by atoms with Gasteiger partial charge in [0, 0.05) is 44.8 Å². The molecule has 1 aliphatic heterocycles. The second-order valence-corrected chi connectivity index (χ2v) is 5.46. The molecule has 1 fully saturated rings. The molecule has 8 heteroatoms. The fraction of sp³-hybridized carbons (Fsp3) is 0.333. The number of piperazine rings is 1. The fourth-order valence-electron chi connectivity index (χ4n) is 2.58. The zero-order chi connectivity index (χ0) is 16.6. The topological polar surface area (TPSA) is 91.6 Å². The van der Waals surface area contributed by atoms with Crippen LogP contribution < -0.4 is 10.3 Å². The molecule has 0 saturated carbocycles. The molecular weight excluding hydrogens is 298 g/mol. The Morgan fingerprint density at radius 3 is 2.65 bits per heavy atom. The van der Waals surface area contributed by atoms with Crippen LogP contribution in [0.5, 0.6) is 0 Å². The first kappa shape index (κ1) is 15.2.